The average molecular weight is 290 g/mol. The van der Waals surface area contributed by atoms with E-state index in [-0.39, 0.29) is 0 Å². The van der Waals surface area contributed by atoms with E-state index in [0.717, 1.165) is 31.2 Å². The van der Waals surface area contributed by atoms with Gasteiger partial charge in [0.1, 0.15) is 11.6 Å². The second kappa shape index (κ2) is 6.50. The highest BCUT2D eigenvalue weighted by Crippen LogP contribution is 2.24. The van der Waals surface area contributed by atoms with E-state index in [0.29, 0.717) is 6.04 Å². The highest BCUT2D eigenvalue weighted by atomic mass is 32.1. The lowest BCUT2D eigenvalue weighted by Gasteiger charge is -2.18. The summed E-state index contributed by atoms with van der Waals surface area (Å²) in [7, 11) is 0. The molecule has 0 radical (unpaired) electrons. The van der Waals surface area contributed by atoms with Crippen molar-refractivity contribution in [3.05, 3.63) is 34.0 Å². The van der Waals surface area contributed by atoms with Crippen molar-refractivity contribution >= 4 is 11.3 Å². The van der Waals surface area contributed by atoms with Gasteiger partial charge < -0.3 is 9.88 Å². The second-order valence-electron chi connectivity index (χ2n) is 5.38. The van der Waals surface area contributed by atoms with Crippen molar-refractivity contribution in [1.82, 2.24) is 20.1 Å². The van der Waals surface area contributed by atoms with Crippen LogP contribution in [0.4, 0.5) is 0 Å². The predicted molar refractivity (Wildman–Crippen MR) is 81.8 cm³/mol. The normalized spacial score (nSPS) is 16.1. The Hall–Kier alpha value is -1.20. The molecule has 0 bridgehead atoms. The third-order valence-corrected chi connectivity index (χ3v) is 4.89. The lowest BCUT2D eigenvalue weighted by Crippen LogP contribution is -2.23. The van der Waals surface area contributed by atoms with E-state index >= 15 is 0 Å². The summed E-state index contributed by atoms with van der Waals surface area (Å²) in [6.45, 7) is 4.13. The Labute approximate surface area is 124 Å². The highest BCUT2D eigenvalue weighted by molar-refractivity contribution is 7.10. The van der Waals surface area contributed by atoms with Crippen LogP contribution in [0.25, 0.3) is 0 Å². The third-order valence-electron chi connectivity index (χ3n) is 3.91. The molecular formula is C15H22N4S. The van der Waals surface area contributed by atoms with Crippen LogP contribution in [0.2, 0.25) is 0 Å². The minimum Gasteiger partial charge on any atom is -0.314 e. The maximum atomic E-state index is 4.37. The van der Waals surface area contributed by atoms with Crippen molar-refractivity contribution in [2.75, 3.05) is 0 Å². The molecule has 0 aliphatic carbocycles. The predicted octanol–water partition coefficient (Wildman–Crippen LogP) is 3.31. The van der Waals surface area contributed by atoms with E-state index in [1.165, 1.54) is 30.6 Å². The van der Waals surface area contributed by atoms with E-state index in [1.807, 2.05) is 11.3 Å². The lowest BCUT2D eigenvalue weighted by molar-refractivity contribution is 0.460. The van der Waals surface area contributed by atoms with E-state index in [9.17, 15) is 0 Å². The number of nitrogens with zero attached hydrogens (tertiary/aromatic N) is 3. The van der Waals surface area contributed by atoms with Crippen molar-refractivity contribution in [3.63, 3.8) is 0 Å². The summed E-state index contributed by atoms with van der Waals surface area (Å²) >= 11 is 1.83. The van der Waals surface area contributed by atoms with Crippen LogP contribution < -0.4 is 5.32 Å². The first-order valence-electron chi connectivity index (χ1n) is 7.56. The van der Waals surface area contributed by atoms with Crippen LogP contribution >= 0.6 is 11.3 Å². The number of hydrogen-bond acceptors (Lipinski definition) is 4. The SMILES string of the molecule is CCCC(NCc1nnc2n1CCCC2)c1cccs1. The molecule has 1 aliphatic heterocycles. The van der Waals surface area contributed by atoms with Crippen LogP contribution in [-0.4, -0.2) is 14.8 Å². The summed E-state index contributed by atoms with van der Waals surface area (Å²) in [6.07, 6.45) is 5.94. The lowest BCUT2D eigenvalue weighted by atomic mass is 10.1. The summed E-state index contributed by atoms with van der Waals surface area (Å²) in [6, 6.07) is 4.79. The van der Waals surface area contributed by atoms with Gasteiger partial charge in [0.05, 0.1) is 6.54 Å². The number of nitrogens with one attached hydrogen (secondary N) is 1. The summed E-state index contributed by atoms with van der Waals surface area (Å²) in [5.74, 6) is 2.26. The largest absolute Gasteiger partial charge is 0.314 e. The first kappa shape index (κ1) is 13.8. The van der Waals surface area contributed by atoms with Gasteiger partial charge in [0.2, 0.25) is 0 Å². The molecule has 0 amide bonds. The molecule has 1 N–H and O–H groups in total. The smallest absolute Gasteiger partial charge is 0.147 e. The molecule has 4 nitrogen and oxygen atoms in total. The number of rotatable bonds is 6. The van der Waals surface area contributed by atoms with Crippen molar-refractivity contribution in [2.45, 2.75) is 58.2 Å². The average Bonchev–Trinajstić information content (AvgIpc) is 3.13. The van der Waals surface area contributed by atoms with Gasteiger partial charge in [-0.2, -0.15) is 0 Å². The molecular weight excluding hydrogens is 268 g/mol. The van der Waals surface area contributed by atoms with Crippen LogP contribution in [0.3, 0.4) is 0 Å². The minimum absolute atomic E-state index is 0.441. The molecule has 2 aromatic heterocycles. The third kappa shape index (κ3) is 2.94. The van der Waals surface area contributed by atoms with Gasteiger partial charge in [-0.25, -0.2) is 0 Å². The molecule has 3 heterocycles. The Balaban J connectivity index is 1.67. The molecule has 0 spiro atoms. The zero-order valence-corrected chi connectivity index (χ0v) is 12.8. The van der Waals surface area contributed by atoms with Crippen molar-refractivity contribution in [3.8, 4) is 0 Å². The Morgan fingerprint density at radius 1 is 1.40 bits per heavy atom. The molecule has 0 aromatic carbocycles. The molecule has 20 heavy (non-hydrogen) atoms. The monoisotopic (exact) mass is 290 g/mol. The Morgan fingerprint density at radius 2 is 2.35 bits per heavy atom. The van der Waals surface area contributed by atoms with Gasteiger partial charge in [-0.3, -0.25) is 0 Å². The number of aromatic nitrogens is 3. The van der Waals surface area contributed by atoms with E-state index in [2.05, 4.69) is 44.5 Å². The summed E-state index contributed by atoms with van der Waals surface area (Å²) < 4.78 is 2.30. The van der Waals surface area contributed by atoms with Gasteiger partial charge in [0.15, 0.2) is 0 Å². The second-order valence-corrected chi connectivity index (χ2v) is 6.36. The molecule has 2 aromatic rings. The Morgan fingerprint density at radius 3 is 3.15 bits per heavy atom. The van der Waals surface area contributed by atoms with Crippen molar-refractivity contribution < 1.29 is 0 Å². The van der Waals surface area contributed by atoms with Gasteiger partial charge in [0, 0.05) is 23.9 Å². The Bertz CT molecular complexity index is 532. The zero-order chi connectivity index (χ0) is 13.8. The van der Waals surface area contributed by atoms with E-state index < -0.39 is 0 Å². The van der Waals surface area contributed by atoms with Crippen LogP contribution in [0, 0.1) is 0 Å². The van der Waals surface area contributed by atoms with Crippen molar-refractivity contribution in [1.29, 1.82) is 0 Å². The fourth-order valence-electron chi connectivity index (χ4n) is 2.84. The van der Waals surface area contributed by atoms with Crippen LogP contribution in [0.1, 0.15) is 55.2 Å². The summed E-state index contributed by atoms with van der Waals surface area (Å²) in [4.78, 5) is 1.42. The van der Waals surface area contributed by atoms with Crippen LogP contribution in [-0.2, 0) is 19.5 Å². The summed E-state index contributed by atoms with van der Waals surface area (Å²) in [5.41, 5.74) is 0. The number of hydrogen-bond donors (Lipinski definition) is 1. The fraction of sp³-hybridized carbons (Fsp3) is 0.600. The van der Waals surface area contributed by atoms with Crippen molar-refractivity contribution in [2.24, 2.45) is 0 Å². The first-order chi connectivity index (χ1) is 9.88. The maximum absolute atomic E-state index is 4.37. The molecule has 1 unspecified atom stereocenters. The molecule has 1 atom stereocenters. The standard InChI is InChI=1S/C15H22N4S/c1-2-6-12(13-7-5-10-20-13)16-11-15-18-17-14-8-3-4-9-19(14)15/h5,7,10,12,16H,2-4,6,8-9,11H2,1H3. The maximum Gasteiger partial charge on any atom is 0.147 e. The van der Waals surface area contributed by atoms with Gasteiger partial charge in [-0.05, 0) is 30.7 Å². The zero-order valence-electron chi connectivity index (χ0n) is 12.0. The molecule has 0 saturated heterocycles. The van der Waals surface area contributed by atoms with Gasteiger partial charge >= 0.3 is 0 Å². The van der Waals surface area contributed by atoms with Crippen LogP contribution in [0.5, 0.6) is 0 Å². The molecule has 0 saturated carbocycles. The first-order valence-corrected chi connectivity index (χ1v) is 8.44. The highest BCUT2D eigenvalue weighted by Gasteiger charge is 2.17. The number of fused-ring (bicyclic) bond motifs is 1. The molecule has 1 aliphatic rings. The van der Waals surface area contributed by atoms with Crippen LogP contribution in [0.15, 0.2) is 17.5 Å². The quantitative estimate of drug-likeness (QED) is 0.887. The molecule has 3 rings (SSSR count). The van der Waals surface area contributed by atoms with E-state index in [1.54, 1.807) is 0 Å². The fourth-order valence-corrected chi connectivity index (χ4v) is 3.67. The van der Waals surface area contributed by atoms with E-state index in [4.69, 9.17) is 0 Å². The number of thiophene rings is 1. The molecule has 108 valence electrons. The van der Waals surface area contributed by atoms with Gasteiger partial charge in [-0.15, -0.1) is 21.5 Å². The summed E-state index contributed by atoms with van der Waals surface area (Å²) in [5, 5.41) is 14.5. The number of aryl methyl sites for hydroxylation is 1. The molecule has 5 heteroatoms. The Kier molecular flexibility index (Phi) is 4.47. The van der Waals surface area contributed by atoms with Gasteiger partial charge in [-0.1, -0.05) is 19.4 Å². The molecule has 0 fully saturated rings. The minimum atomic E-state index is 0.441. The topological polar surface area (TPSA) is 42.7 Å². The van der Waals surface area contributed by atoms with Gasteiger partial charge in [0.25, 0.3) is 0 Å².